The van der Waals surface area contributed by atoms with Gasteiger partial charge in [-0.05, 0) is 37.5 Å². The van der Waals surface area contributed by atoms with E-state index in [9.17, 15) is 0 Å². The Bertz CT molecular complexity index is 465. The van der Waals surface area contributed by atoms with Gasteiger partial charge in [0.2, 0.25) is 0 Å². The van der Waals surface area contributed by atoms with Crippen molar-refractivity contribution in [2.24, 2.45) is 0 Å². The summed E-state index contributed by atoms with van der Waals surface area (Å²) in [5.41, 5.74) is 1.36. The van der Waals surface area contributed by atoms with E-state index >= 15 is 0 Å². The summed E-state index contributed by atoms with van der Waals surface area (Å²) in [6.07, 6.45) is 16.6. The van der Waals surface area contributed by atoms with Crippen LogP contribution in [0, 0.1) is 0 Å². The Morgan fingerprint density at radius 2 is 1.52 bits per heavy atom. The molecule has 0 spiro atoms. The van der Waals surface area contributed by atoms with Crippen LogP contribution < -0.4 is 4.74 Å². The van der Waals surface area contributed by atoms with Crippen LogP contribution in [0.4, 0.5) is 0 Å². The smallest absolute Gasteiger partial charge is 0.123 e. The fraction of sp³-hybridized carbons (Fsp3) is 0.739. The summed E-state index contributed by atoms with van der Waals surface area (Å²) < 4.78 is 11.2. The molecule has 1 aliphatic rings. The summed E-state index contributed by atoms with van der Waals surface area (Å²) in [5.74, 6) is 0.984. The molecule has 0 aromatic heterocycles. The number of benzene rings is 1. The summed E-state index contributed by atoms with van der Waals surface area (Å²) in [6, 6.07) is 8.58. The van der Waals surface area contributed by atoms with Crippen molar-refractivity contribution in [2.75, 3.05) is 13.2 Å². The Morgan fingerprint density at radius 1 is 0.920 bits per heavy atom. The molecule has 142 valence electrons. The fourth-order valence-electron chi connectivity index (χ4n) is 3.23. The molecule has 2 nitrogen and oxygen atoms in total. The molecule has 25 heavy (non-hydrogen) atoms. The average molecular weight is 347 g/mol. The van der Waals surface area contributed by atoms with Crippen molar-refractivity contribution < 1.29 is 9.47 Å². The maximum Gasteiger partial charge on any atom is 0.123 e. The molecule has 1 heterocycles. The van der Waals surface area contributed by atoms with Crippen molar-refractivity contribution in [3.8, 4) is 5.75 Å². The van der Waals surface area contributed by atoms with E-state index in [1.54, 1.807) is 0 Å². The van der Waals surface area contributed by atoms with Crippen LogP contribution in [0.3, 0.4) is 0 Å². The molecule has 0 radical (unpaired) electrons. The van der Waals surface area contributed by atoms with Gasteiger partial charge in [-0.1, -0.05) is 83.3 Å². The molecule has 1 fully saturated rings. The minimum atomic E-state index is -0.0357. The van der Waals surface area contributed by atoms with E-state index in [1.807, 2.05) is 0 Å². The Morgan fingerprint density at radius 3 is 2.12 bits per heavy atom. The quantitative estimate of drug-likeness (QED) is 0.260. The van der Waals surface area contributed by atoms with Gasteiger partial charge in [0.05, 0.1) is 6.61 Å². The molecule has 1 aromatic rings. The first-order valence-electron chi connectivity index (χ1n) is 10.6. The first-order valence-corrected chi connectivity index (χ1v) is 10.6. The second-order valence-electron chi connectivity index (χ2n) is 7.96. The lowest BCUT2D eigenvalue weighted by molar-refractivity contribution is 0.202. The van der Waals surface area contributed by atoms with Crippen LogP contribution >= 0.6 is 0 Å². The Labute approximate surface area is 155 Å². The van der Waals surface area contributed by atoms with Gasteiger partial charge in [0.25, 0.3) is 0 Å². The van der Waals surface area contributed by atoms with E-state index in [1.165, 1.54) is 82.6 Å². The lowest BCUT2D eigenvalue weighted by Crippen LogP contribution is -2.16. The van der Waals surface area contributed by atoms with Crippen LogP contribution in [-0.2, 0) is 11.2 Å². The molecule has 1 aliphatic heterocycles. The average Bonchev–Trinajstić information content (AvgIpc) is 3.36. The van der Waals surface area contributed by atoms with Crippen molar-refractivity contribution in [2.45, 2.75) is 96.5 Å². The highest BCUT2D eigenvalue weighted by atomic mass is 16.6. The topological polar surface area (TPSA) is 21.8 Å². The fourth-order valence-corrected chi connectivity index (χ4v) is 3.23. The molecule has 1 aromatic carbocycles. The highest BCUT2D eigenvalue weighted by Crippen LogP contribution is 2.27. The Kier molecular flexibility index (Phi) is 9.39. The van der Waals surface area contributed by atoms with Crippen molar-refractivity contribution in [1.82, 2.24) is 0 Å². The van der Waals surface area contributed by atoms with Crippen molar-refractivity contribution >= 4 is 0 Å². The SMILES string of the molecule is CCCCCCCCCCCCCc1cccc(OCC2(C)CO2)c1. The van der Waals surface area contributed by atoms with E-state index in [4.69, 9.17) is 9.47 Å². The molecule has 1 unspecified atom stereocenters. The van der Waals surface area contributed by atoms with Gasteiger partial charge >= 0.3 is 0 Å². The van der Waals surface area contributed by atoms with Gasteiger partial charge in [0, 0.05) is 0 Å². The predicted octanol–water partition coefficient (Wildman–Crippen LogP) is 6.71. The lowest BCUT2D eigenvalue weighted by Gasteiger charge is -2.10. The zero-order valence-electron chi connectivity index (χ0n) is 16.5. The van der Waals surface area contributed by atoms with Gasteiger partial charge in [-0.15, -0.1) is 0 Å². The Balaban J connectivity index is 1.46. The summed E-state index contributed by atoms with van der Waals surface area (Å²) in [5, 5.41) is 0. The van der Waals surface area contributed by atoms with E-state index in [0.717, 1.165) is 12.4 Å². The summed E-state index contributed by atoms with van der Waals surface area (Å²) in [4.78, 5) is 0. The number of rotatable bonds is 15. The minimum Gasteiger partial charge on any atom is -0.490 e. The van der Waals surface area contributed by atoms with E-state index < -0.39 is 0 Å². The number of ether oxygens (including phenoxy) is 2. The van der Waals surface area contributed by atoms with E-state index in [2.05, 4.69) is 38.1 Å². The van der Waals surface area contributed by atoms with Crippen LogP contribution in [0.5, 0.6) is 5.75 Å². The van der Waals surface area contributed by atoms with Crippen molar-refractivity contribution in [3.63, 3.8) is 0 Å². The zero-order valence-corrected chi connectivity index (χ0v) is 16.5. The zero-order chi connectivity index (χ0) is 17.8. The van der Waals surface area contributed by atoms with Crippen molar-refractivity contribution in [3.05, 3.63) is 29.8 Å². The third-order valence-electron chi connectivity index (χ3n) is 5.15. The summed E-state index contributed by atoms with van der Waals surface area (Å²) in [6.45, 7) is 5.87. The van der Waals surface area contributed by atoms with Gasteiger partial charge < -0.3 is 9.47 Å². The van der Waals surface area contributed by atoms with Gasteiger partial charge in [-0.25, -0.2) is 0 Å². The van der Waals surface area contributed by atoms with E-state index in [-0.39, 0.29) is 5.60 Å². The van der Waals surface area contributed by atoms with Gasteiger partial charge in [-0.2, -0.15) is 0 Å². The second-order valence-corrected chi connectivity index (χ2v) is 7.96. The van der Waals surface area contributed by atoms with Crippen LogP contribution in [0.25, 0.3) is 0 Å². The molecule has 0 aliphatic carbocycles. The van der Waals surface area contributed by atoms with Crippen molar-refractivity contribution in [1.29, 1.82) is 0 Å². The van der Waals surface area contributed by atoms with Crippen LogP contribution in [0.1, 0.15) is 90.0 Å². The molecular weight excluding hydrogens is 308 g/mol. The number of aryl methyl sites for hydroxylation is 1. The lowest BCUT2D eigenvalue weighted by atomic mass is 10.0. The number of hydrogen-bond donors (Lipinski definition) is 0. The van der Waals surface area contributed by atoms with E-state index in [0.29, 0.717) is 6.61 Å². The van der Waals surface area contributed by atoms with Crippen LogP contribution in [0.15, 0.2) is 24.3 Å². The first-order chi connectivity index (χ1) is 12.2. The maximum absolute atomic E-state index is 5.86. The van der Waals surface area contributed by atoms with Gasteiger partial charge in [0.15, 0.2) is 0 Å². The minimum absolute atomic E-state index is 0.0357. The predicted molar refractivity (Wildman–Crippen MR) is 106 cm³/mol. The molecule has 0 amide bonds. The molecule has 2 heteroatoms. The Hall–Kier alpha value is -1.02. The summed E-state index contributed by atoms with van der Waals surface area (Å²) >= 11 is 0. The molecule has 1 saturated heterocycles. The monoisotopic (exact) mass is 346 g/mol. The molecule has 0 N–H and O–H groups in total. The van der Waals surface area contributed by atoms with Crippen LogP contribution in [0.2, 0.25) is 0 Å². The van der Waals surface area contributed by atoms with Gasteiger partial charge in [-0.3, -0.25) is 0 Å². The third-order valence-corrected chi connectivity index (χ3v) is 5.15. The molecule has 1 atom stereocenters. The largest absolute Gasteiger partial charge is 0.490 e. The number of unbranched alkanes of at least 4 members (excludes halogenated alkanes) is 10. The number of epoxide rings is 1. The summed E-state index contributed by atoms with van der Waals surface area (Å²) in [7, 11) is 0. The first kappa shape index (κ1) is 20.3. The molecular formula is C23H38O2. The number of hydrogen-bond acceptors (Lipinski definition) is 2. The normalized spacial score (nSPS) is 19.1. The molecule has 0 bridgehead atoms. The third kappa shape index (κ3) is 9.30. The van der Waals surface area contributed by atoms with Crippen LogP contribution in [-0.4, -0.2) is 18.8 Å². The maximum atomic E-state index is 5.86. The van der Waals surface area contributed by atoms with Gasteiger partial charge in [0.1, 0.15) is 18.0 Å². The second kappa shape index (κ2) is 11.6. The molecule has 2 rings (SSSR count). The highest BCUT2D eigenvalue weighted by molar-refractivity contribution is 5.28. The highest BCUT2D eigenvalue weighted by Gasteiger charge is 2.40. The standard InChI is InChI=1S/C23H38O2/c1-3-4-5-6-7-8-9-10-11-12-13-15-21-16-14-17-22(18-21)24-19-23(2)20-25-23/h14,16-18H,3-13,15,19-20H2,1-2H3. The molecule has 0 saturated carbocycles.